The number of nitrogens with zero attached hydrogens (tertiary/aromatic N) is 1. The molecule has 0 aromatic rings. The number of methoxy groups -OCH3 is 1. The molecule has 3 aliphatic rings. The minimum Gasteiger partial charge on any atom is -0.453 e. The highest BCUT2D eigenvalue weighted by Crippen LogP contribution is 2.42. The van der Waals surface area contributed by atoms with E-state index in [-0.39, 0.29) is 36.0 Å². The number of hydrogen-bond acceptors (Lipinski definition) is 6. The molecule has 0 radical (unpaired) electrons. The van der Waals surface area contributed by atoms with Gasteiger partial charge in [0, 0.05) is 19.0 Å². The van der Waals surface area contributed by atoms with Crippen molar-refractivity contribution in [3.05, 3.63) is 12.2 Å². The van der Waals surface area contributed by atoms with Crippen LogP contribution in [-0.4, -0.2) is 72.9 Å². The van der Waals surface area contributed by atoms with Gasteiger partial charge in [-0.1, -0.05) is 39.8 Å². The number of rotatable bonds is 7. The summed E-state index contributed by atoms with van der Waals surface area (Å²) in [6.45, 7) is 8.34. The number of amides is 5. The van der Waals surface area contributed by atoms with E-state index in [0.717, 1.165) is 0 Å². The number of nitrogens with two attached hydrogens (primary N) is 1. The summed E-state index contributed by atoms with van der Waals surface area (Å²) in [5, 5.41) is 8.10. The lowest BCUT2D eigenvalue weighted by atomic mass is 9.75. The van der Waals surface area contributed by atoms with Crippen molar-refractivity contribution in [2.24, 2.45) is 34.8 Å². The molecule has 0 spiro atoms. The molecule has 2 heterocycles. The quantitative estimate of drug-likeness (QED) is 0.364. The van der Waals surface area contributed by atoms with Crippen LogP contribution in [0.4, 0.5) is 4.79 Å². The highest BCUT2D eigenvalue weighted by molar-refractivity contribution is 5.95. The number of fused-ring (bicyclic) bond motifs is 1. The first-order valence-electron chi connectivity index (χ1n) is 12.5. The van der Waals surface area contributed by atoms with Gasteiger partial charge in [-0.05, 0) is 42.4 Å². The van der Waals surface area contributed by atoms with Gasteiger partial charge in [0.1, 0.15) is 18.1 Å². The highest BCUT2D eigenvalue weighted by Gasteiger charge is 2.52. The van der Waals surface area contributed by atoms with Crippen molar-refractivity contribution in [1.29, 1.82) is 0 Å². The van der Waals surface area contributed by atoms with E-state index in [1.165, 1.54) is 12.0 Å². The smallest absolute Gasteiger partial charge is 0.407 e. The molecule has 0 unspecified atom stereocenters. The van der Waals surface area contributed by atoms with Gasteiger partial charge in [0.05, 0.1) is 7.11 Å². The predicted molar refractivity (Wildman–Crippen MR) is 131 cm³/mol. The number of carbonyl (C=O) groups excluding carboxylic acids is 5. The molecule has 7 atom stereocenters. The summed E-state index contributed by atoms with van der Waals surface area (Å²) in [6, 6.07) is -2.83. The second-order valence-corrected chi connectivity index (χ2v) is 11.2. The summed E-state index contributed by atoms with van der Waals surface area (Å²) in [5.74, 6) is -2.27. The Morgan fingerprint density at radius 3 is 2.50 bits per heavy atom. The summed E-state index contributed by atoms with van der Waals surface area (Å²) in [5.41, 5.74) is 4.94. The van der Waals surface area contributed by atoms with Gasteiger partial charge in [-0.15, -0.1) is 0 Å². The van der Waals surface area contributed by atoms with Crippen LogP contribution >= 0.6 is 0 Å². The van der Waals surface area contributed by atoms with Gasteiger partial charge < -0.3 is 31.3 Å². The van der Waals surface area contributed by atoms with Gasteiger partial charge in [-0.25, -0.2) is 4.79 Å². The number of allylic oxidation sites excluding steroid dienone is 2. The van der Waals surface area contributed by atoms with Crippen molar-refractivity contribution < 1.29 is 28.7 Å². The fourth-order valence-corrected chi connectivity index (χ4v) is 5.69. The van der Waals surface area contributed by atoms with Gasteiger partial charge >= 0.3 is 6.09 Å². The third-order valence-corrected chi connectivity index (χ3v) is 7.62. The van der Waals surface area contributed by atoms with E-state index in [1.807, 2.05) is 33.8 Å². The molecule has 3 rings (SSSR count). The number of hydrogen-bond donors (Lipinski definition) is 4. The van der Waals surface area contributed by atoms with E-state index in [1.54, 1.807) is 0 Å². The number of ether oxygens (including phenoxy) is 1. The molecule has 0 aromatic carbocycles. The second kappa shape index (κ2) is 10.9. The Morgan fingerprint density at radius 1 is 1.25 bits per heavy atom. The van der Waals surface area contributed by atoms with Gasteiger partial charge in [0.25, 0.3) is 0 Å². The Balaban J connectivity index is 1.89. The lowest BCUT2D eigenvalue weighted by molar-refractivity contribution is -0.143. The normalized spacial score (nSPS) is 29.1. The van der Waals surface area contributed by atoms with Crippen LogP contribution < -0.4 is 21.7 Å². The van der Waals surface area contributed by atoms with Crippen LogP contribution in [0.15, 0.2) is 12.2 Å². The fourth-order valence-electron chi connectivity index (χ4n) is 5.69. The van der Waals surface area contributed by atoms with Gasteiger partial charge in [0.2, 0.25) is 23.6 Å². The molecule has 0 aromatic heterocycles. The summed E-state index contributed by atoms with van der Waals surface area (Å²) in [7, 11) is 1.22. The summed E-state index contributed by atoms with van der Waals surface area (Å²) in [4.78, 5) is 65.4. The van der Waals surface area contributed by atoms with Crippen molar-refractivity contribution in [2.45, 2.75) is 65.1 Å². The minimum absolute atomic E-state index is 0.0200. The van der Waals surface area contributed by atoms with Crippen molar-refractivity contribution in [2.75, 3.05) is 20.2 Å². The average molecular weight is 506 g/mol. The molecule has 2 aliphatic heterocycles. The number of likely N-dealkylation sites (tertiary alicyclic amines) is 1. The standard InChI is InChI=1S/C25H39N5O6/c1-13-7-6-8-15-12-30(23(34)19(25(2,3)4)29-24(35)36-5)18(17(13)15)22(33)28-16(20(26)31)11-14-9-10-27-21(14)32/h6-7,13-19H,8-12H2,1-5H3,(H2,26,31)(H,27,32)(H,28,33)(H,29,35)/t13-,14+,15+,16+,17+,18+,19-/m1/s1. The number of carbonyl (C=O) groups is 5. The maximum Gasteiger partial charge on any atom is 0.407 e. The number of alkyl carbamates (subject to hydrolysis) is 1. The van der Waals surface area contributed by atoms with Crippen LogP contribution in [0.2, 0.25) is 0 Å². The van der Waals surface area contributed by atoms with Gasteiger partial charge in [-0.3, -0.25) is 19.2 Å². The molecule has 0 saturated carbocycles. The monoisotopic (exact) mass is 505 g/mol. The highest BCUT2D eigenvalue weighted by atomic mass is 16.5. The van der Waals surface area contributed by atoms with Crippen LogP contribution in [0, 0.1) is 29.1 Å². The zero-order valence-electron chi connectivity index (χ0n) is 21.7. The molecule has 11 nitrogen and oxygen atoms in total. The van der Waals surface area contributed by atoms with E-state index in [4.69, 9.17) is 10.5 Å². The molecule has 2 fully saturated rings. The Labute approximate surface area is 211 Å². The summed E-state index contributed by atoms with van der Waals surface area (Å²) >= 11 is 0. The largest absolute Gasteiger partial charge is 0.453 e. The van der Waals surface area contributed by atoms with Crippen LogP contribution in [0.3, 0.4) is 0 Å². The van der Waals surface area contributed by atoms with Gasteiger partial charge in [0.15, 0.2) is 0 Å². The van der Waals surface area contributed by atoms with Gasteiger partial charge in [-0.2, -0.15) is 0 Å². The van der Waals surface area contributed by atoms with Crippen LogP contribution in [0.1, 0.15) is 47.0 Å². The molecule has 1 aliphatic carbocycles. The molecule has 11 heteroatoms. The second-order valence-electron chi connectivity index (χ2n) is 11.2. The maximum absolute atomic E-state index is 13.9. The van der Waals surface area contributed by atoms with Crippen molar-refractivity contribution in [1.82, 2.24) is 20.9 Å². The van der Waals surface area contributed by atoms with E-state index < -0.39 is 47.4 Å². The first-order valence-corrected chi connectivity index (χ1v) is 12.5. The Morgan fingerprint density at radius 2 is 1.94 bits per heavy atom. The van der Waals surface area contributed by atoms with Crippen molar-refractivity contribution in [3.8, 4) is 0 Å². The summed E-state index contributed by atoms with van der Waals surface area (Å²) < 4.78 is 4.73. The van der Waals surface area contributed by atoms with E-state index >= 15 is 0 Å². The first-order chi connectivity index (χ1) is 16.8. The maximum atomic E-state index is 13.9. The third kappa shape index (κ3) is 5.82. The number of nitrogens with one attached hydrogen (secondary N) is 3. The fraction of sp³-hybridized carbons (Fsp3) is 0.720. The van der Waals surface area contributed by atoms with Crippen molar-refractivity contribution >= 4 is 29.7 Å². The topological polar surface area (TPSA) is 160 Å². The van der Waals surface area contributed by atoms with Crippen molar-refractivity contribution in [3.63, 3.8) is 0 Å². The lowest BCUT2D eigenvalue weighted by Crippen LogP contribution is -2.60. The molecule has 2 saturated heterocycles. The molecule has 200 valence electrons. The molecule has 5 amide bonds. The number of primary amides is 1. The zero-order valence-corrected chi connectivity index (χ0v) is 21.7. The molecule has 5 N–H and O–H groups in total. The third-order valence-electron chi connectivity index (χ3n) is 7.62. The van der Waals surface area contributed by atoms with Crippen LogP contribution in [0.5, 0.6) is 0 Å². The summed E-state index contributed by atoms with van der Waals surface area (Å²) in [6.07, 6.45) is 4.75. The Bertz CT molecular complexity index is 928. The molecular formula is C25H39N5O6. The Kier molecular flexibility index (Phi) is 8.30. The van der Waals surface area contributed by atoms with Crippen LogP contribution in [0.25, 0.3) is 0 Å². The van der Waals surface area contributed by atoms with E-state index in [0.29, 0.717) is 25.9 Å². The van der Waals surface area contributed by atoms with E-state index in [2.05, 4.69) is 22.0 Å². The first kappa shape index (κ1) is 27.5. The molecular weight excluding hydrogens is 466 g/mol. The van der Waals surface area contributed by atoms with E-state index in [9.17, 15) is 24.0 Å². The minimum atomic E-state index is -1.04. The molecule has 0 bridgehead atoms. The zero-order chi connectivity index (χ0) is 26.8. The molecule has 36 heavy (non-hydrogen) atoms. The van der Waals surface area contributed by atoms with Crippen LogP contribution in [-0.2, 0) is 23.9 Å². The Hall–Kier alpha value is -3.11. The average Bonchev–Trinajstić information content (AvgIpc) is 3.39. The predicted octanol–water partition coefficient (Wildman–Crippen LogP) is 0.293. The SMILES string of the molecule is COC(=O)N[C@H](C(=O)N1C[C@@H]2CC=C[C@@H](C)[C@@H]2[C@H]1C(=O)N[C@@H](C[C@@H]1CCNC1=O)C(N)=O)C(C)(C)C. The lowest BCUT2D eigenvalue weighted by Gasteiger charge is -2.37.